The number of aromatic nitrogens is 3. The van der Waals surface area contributed by atoms with Crippen LogP contribution in [0.25, 0.3) is 22.1 Å². The third-order valence-electron chi connectivity index (χ3n) is 4.15. The van der Waals surface area contributed by atoms with Crippen molar-refractivity contribution < 1.29 is 9.21 Å². The fourth-order valence-corrected chi connectivity index (χ4v) is 2.90. The number of fused-ring (bicyclic) bond motifs is 2. The lowest BCUT2D eigenvalue weighted by Gasteiger charge is -2.04. The van der Waals surface area contributed by atoms with E-state index >= 15 is 0 Å². The second-order valence-electron chi connectivity index (χ2n) is 5.61. The zero-order valence-corrected chi connectivity index (χ0v) is 12.9. The number of aryl methyl sites for hydroxylation is 1. The van der Waals surface area contributed by atoms with Crippen LogP contribution in [0.3, 0.4) is 0 Å². The van der Waals surface area contributed by atoms with Gasteiger partial charge in [-0.1, -0.05) is 12.1 Å². The van der Waals surface area contributed by atoms with Crippen molar-refractivity contribution in [2.75, 3.05) is 0 Å². The second kappa shape index (κ2) is 5.09. The second-order valence-corrected chi connectivity index (χ2v) is 5.61. The van der Waals surface area contributed by atoms with E-state index in [1.807, 2.05) is 24.3 Å². The van der Waals surface area contributed by atoms with Gasteiger partial charge in [0.1, 0.15) is 0 Å². The van der Waals surface area contributed by atoms with E-state index in [9.17, 15) is 9.59 Å². The summed E-state index contributed by atoms with van der Waals surface area (Å²) in [6.07, 6.45) is 0. The third kappa shape index (κ3) is 2.10. The molecule has 2 heterocycles. The minimum atomic E-state index is -0.550. The molecule has 0 bridgehead atoms. The van der Waals surface area contributed by atoms with Crippen LogP contribution in [0, 0.1) is 5.41 Å². The fraction of sp³-hybridized carbons (Fsp3) is 0.118. The van der Waals surface area contributed by atoms with Crippen LogP contribution in [0.1, 0.15) is 10.4 Å². The molecule has 4 aromatic rings. The number of nitrogens with one attached hydrogen (secondary N) is 2. The molecule has 0 spiro atoms. The Morgan fingerprint density at radius 2 is 1.96 bits per heavy atom. The minimum Gasteiger partial charge on any atom is -0.408 e. The van der Waals surface area contributed by atoms with E-state index in [0.717, 1.165) is 11.0 Å². The Labute approximate surface area is 135 Å². The van der Waals surface area contributed by atoms with Crippen LogP contribution in [-0.2, 0) is 13.6 Å². The summed E-state index contributed by atoms with van der Waals surface area (Å²) in [4.78, 5) is 26.4. The number of imidazole rings is 1. The van der Waals surface area contributed by atoms with E-state index in [1.165, 1.54) is 0 Å². The van der Waals surface area contributed by atoms with Gasteiger partial charge in [0.05, 0.1) is 23.1 Å². The van der Waals surface area contributed by atoms with E-state index < -0.39 is 5.76 Å². The predicted molar refractivity (Wildman–Crippen MR) is 87.9 cm³/mol. The highest BCUT2D eigenvalue weighted by molar-refractivity contribution is 5.99. The number of aromatic amines is 1. The van der Waals surface area contributed by atoms with Gasteiger partial charge in [0, 0.05) is 12.6 Å². The van der Waals surface area contributed by atoms with Gasteiger partial charge in [0.2, 0.25) is 5.62 Å². The molecule has 0 atom stereocenters. The van der Waals surface area contributed by atoms with Crippen LogP contribution in [0.15, 0.2) is 51.7 Å². The first-order valence-corrected chi connectivity index (χ1v) is 7.39. The molecule has 120 valence electrons. The average molecular weight is 322 g/mol. The van der Waals surface area contributed by atoms with Gasteiger partial charge in [-0.2, -0.15) is 0 Å². The monoisotopic (exact) mass is 322 g/mol. The normalized spacial score (nSPS) is 11.4. The molecule has 0 radical (unpaired) electrons. The Bertz CT molecular complexity index is 1210. The number of Topliss-reactive ketones (excluding diaryl/α,β-unsaturated/α-hetero) is 1. The van der Waals surface area contributed by atoms with Gasteiger partial charge < -0.3 is 13.6 Å². The molecular formula is C17H14N4O3. The van der Waals surface area contributed by atoms with E-state index in [4.69, 9.17) is 9.83 Å². The molecule has 0 amide bonds. The van der Waals surface area contributed by atoms with E-state index in [2.05, 4.69) is 4.98 Å². The minimum absolute atomic E-state index is 0.0420. The summed E-state index contributed by atoms with van der Waals surface area (Å²) in [5.41, 5.74) is 3.30. The summed E-state index contributed by atoms with van der Waals surface area (Å²) in [6.45, 7) is 0.0420. The molecule has 2 aromatic heterocycles. The van der Waals surface area contributed by atoms with Crippen LogP contribution < -0.4 is 11.4 Å². The maximum absolute atomic E-state index is 12.6. The first-order chi connectivity index (χ1) is 11.5. The van der Waals surface area contributed by atoms with Gasteiger partial charge in [-0.05, 0) is 30.3 Å². The van der Waals surface area contributed by atoms with Crippen molar-refractivity contribution in [2.45, 2.75) is 6.54 Å². The van der Waals surface area contributed by atoms with Gasteiger partial charge in [-0.25, -0.2) is 4.79 Å². The summed E-state index contributed by atoms with van der Waals surface area (Å²) in [6, 6.07) is 12.4. The molecule has 4 rings (SSSR count). The number of benzene rings is 2. The van der Waals surface area contributed by atoms with E-state index in [0.29, 0.717) is 16.7 Å². The molecule has 7 heteroatoms. The van der Waals surface area contributed by atoms with Crippen LogP contribution in [0.5, 0.6) is 0 Å². The molecule has 0 aliphatic rings. The SMILES string of the molecule is Cn1c(=N)n(CC(=O)c2ccc3[nH]c(=O)oc3c2)c2ccccc21. The molecule has 24 heavy (non-hydrogen) atoms. The largest absolute Gasteiger partial charge is 0.417 e. The van der Waals surface area contributed by atoms with Crippen LogP contribution in [0.2, 0.25) is 0 Å². The van der Waals surface area contributed by atoms with Crippen molar-refractivity contribution in [3.05, 3.63) is 64.2 Å². The van der Waals surface area contributed by atoms with Gasteiger partial charge in [-0.3, -0.25) is 15.2 Å². The molecule has 0 saturated heterocycles. The number of H-pyrrole nitrogens is 1. The van der Waals surface area contributed by atoms with Crippen molar-refractivity contribution in [3.8, 4) is 0 Å². The molecule has 0 saturated carbocycles. The Hall–Kier alpha value is -3.35. The maximum atomic E-state index is 12.6. The number of carbonyl (C=O) groups is 1. The number of para-hydroxylation sites is 2. The molecule has 2 N–H and O–H groups in total. The topological polar surface area (TPSA) is 96.8 Å². The Balaban J connectivity index is 1.77. The van der Waals surface area contributed by atoms with Crippen LogP contribution in [0.4, 0.5) is 0 Å². The Kier molecular flexibility index (Phi) is 3.02. The van der Waals surface area contributed by atoms with Crippen LogP contribution in [-0.4, -0.2) is 19.9 Å². The lowest BCUT2D eigenvalue weighted by Crippen LogP contribution is -2.25. The molecule has 0 aliphatic carbocycles. The van der Waals surface area contributed by atoms with Crippen LogP contribution >= 0.6 is 0 Å². The van der Waals surface area contributed by atoms with Crippen molar-refractivity contribution >= 4 is 27.9 Å². The lowest BCUT2D eigenvalue weighted by atomic mass is 10.1. The average Bonchev–Trinajstić information content (AvgIpc) is 3.07. The highest BCUT2D eigenvalue weighted by atomic mass is 16.4. The van der Waals surface area contributed by atoms with Gasteiger partial charge in [0.15, 0.2) is 11.4 Å². The van der Waals surface area contributed by atoms with E-state index in [-0.39, 0.29) is 17.9 Å². The number of ketones is 1. The van der Waals surface area contributed by atoms with Crippen molar-refractivity contribution in [1.82, 2.24) is 14.1 Å². The Morgan fingerprint density at radius 1 is 1.21 bits per heavy atom. The van der Waals surface area contributed by atoms with Crippen molar-refractivity contribution in [1.29, 1.82) is 5.41 Å². The standard InChI is InChI=1S/C17H14N4O3/c1-20-12-4-2-3-5-13(12)21(16(20)18)9-14(22)10-6-7-11-15(8-10)24-17(23)19-11/h2-8,18H,9H2,1H3,(H,19,23). The molecule has 0 unspecified atom stereocenters. The molecule has 0 fully saturated rings. The van der Waals surface area contributed by atoms with Crippen molar-refractivity contribution in [3.63, 3.8) is 0 Å². The summed E-state index contributed by atoms with van der Waals surface area (Å²) < 4.78 is 8.39. The fourth-order valence-electron chi connectivity index (χ4n) is 2.90. The zero-order chi connectivity index (χ0) is 16.8. The molecule has 7 nitrogen and oxygen atoms in total. The molecular weight excluding hydrogens is 308 g/mol. The number of oxazole rings is 1. The highest BCUT2D eigenvalue weighted by Gasteiger charge is 2.14. The number of hydrogen-bond donors (Lipinski definition) is 2. The predicted octanol–water partition coefficient (Wildman–Crippen LogP) is 1.78. The van der Waals surface area contributed by atoms with Crippen molar-refractivity contribution in [2.24, 2.45) is 7.05 Å². The molecule has 2 aromatic carbocycles. The molecule has 0 aliphatic heterocycles. The lowest BCUT2D eigenvalue weighted by molar-refractivity contribution is 0.0971. The number of nitrogens with zero attached hydrogens (tertiary/aromatic N) is 2. The number of rotatable bonds is 3. The summed E-state index contributed by atoms with van der Waals surface area (Å²) in [7, 11) is 1.80. The summed E-state index contributed by atoms with van der Waals surface area (Å²) >= 11 is 0. The van der Waals surface area contributed by atoms with E-state index in [1.54, 1.807) is 34.4 Å². The first kappa shape index (κ1) is 14.3. The van der Waals surface area contributed by atoms with Gasteiger partial charge in [-0.15, -0.1) is 0 Å². The number of hydrogen-bond acceptors (Lipinski definition) is 4. The summed E-state index contributed by atoms with van der Waals surface area (Å²) in [5.74, 6) is -0.706. The third-order valence-corrected chi connectivity index (χ3v) is 4.15. The zero-order valence-electron chi connectivity index (χ0n) is 12.9. The summed E-state index contributed by atoms with van der Waals surface area (Å²) in [5, 5.41) is 8.22. The smallest absolute Gasteiger partial charge is 0.408 e. The van der Waals surface area contributed by atoms with Gasteiger partial charge in [0.25, 0.3) is 0 Å². The Morgan fingerprint density at radius 3 is 2.75 bits per heavy atom. The quantitative estimate of drug-likeness (QED) is 0.563. The van der Waals surface area contributed by atoms with Gasteiger partial charge >= 0.3 is 5.76 Å². The maximum Gasteiger partial charge on any atom is 0.417 e. The number of carbonyl (C=O) groups excluding carboxylic acids is 1. The first-order valence-electron chi connectivity index (χ1n) is 7.39. The highest BCUT2D eigenvalue weighted by Crippen LogP contribution is 2.15.